The van der Waals surface area contributed by atoms with Crippen molar-refractivity contribution in [2.24, 2.45) is 10.9 Å². The van der Waals surface area contributed by atoms with Gasteiger partial charge in [0.15, 0.2) is 0 Å². The van der Waals surface area contributed by atoms with E-state index in [1.54, 1.807) is 18.4 Å². The van der Waals surface area contributed by atoms with Crippen LogP contribution in [0.2, 0.25) is 0 Å². The molecule has 0 unspecified atom stereocenters. The summed E-state index contributed by atoms with van der Waals surface area (Å²) in [6.45, 7) is 4.92. The van der Waals surface area contributed by atoms with Crippen LogP contribution in [0, 0.1) is 5.92 Å². The Kier molecular flexibility index (Phi) is 5.96. The monoisotopic (exact) mass is 412 g/mol. The maximum absolute atomic E-state index is 13.2. The van der Waals surface area contributed by atoms with Gasteiger partial charge in [0.1, 0.15) is 5.70 Å². The highest BCUT2D eigenvalue weighted by atomic mass is 32.1. The van der Waals surface area contributed by atoms with Crippen LogP contribution in [0.5, 0.6) is 0 Å². The van der Waals surface area contributed by atoms with E-state index in [1.807, 2.05) is 28.6 Å². The Balaban J connectivity index is 1.64. The molecule has 1 saturated heterocycles. The van der Waals surface area contributed by atoms with Crippen molar-refractivity contribution in [2.45, 2.75) is 51.6 Å². The van der Waals surface area contributed by atoms with Crippen molar-refractivity contribution in [2.75, 3.05) is 13.7 Å². The van der Waals surface area contributed by atoms with Crippen LogP contribution in [-0.2, 0) is 9.53 Å². The zero-order valence-corrected chi connectivity index (χ0v) is 18.0. The van der Waals surface area contributed by atoms with E-state index < -0.39 is 0 Å². The molecule has 1 aliphatic heterocycles. The number of guanidine groups is 1. The molecule has 0 bridgehead atoms. The number of nitrogens with one attached hydrogen (secondary N) is 1. The molecule has 4 rings (SSSR count). The smallest absolute Gasteiger partial charge is 0.277 e. The molecule has 0 spiro atoms. The van der Waals surface area contributed by atoms with Crippen LogP contribution in [0.15, 0.2) is 34.4 Å². The van der Waals surface area contributed by atoms with Gasteiger partial charge < -0.3 is 10.1 Å². The molecule has 7 heteroatoms. The summed E-state index contributed by atoms with van der Waals surface area (Å²) in [5.74, 6) is 1.20. The van der Waals surface area contributed by atoms with Crippen molar-refractivity contribution < 1.29 is 9.53 Å². The molecule has 0 radical (unpaired) electrons. The number of thiazole rings is 1. The van der Waals surface area contributed by atoms with Crippen molar-refractivity contribution in [1.29, 1.82) is 0 Å². The number of methoxy groups -OCH3 is 1. The van der Waals surface area contributed by atoms with Gasteiger partial charge in [-0.1, -0.05) is 19.9 Å². The topological polar surface area (TPSA) is 66.8 Å². The Morgan fingerprint density at radius 1 is 1.41 bits per heavy atom. The highest BCUT2D eigenvalue weighted by Crippen LogP contribution is 2.30. The molecule has 1 amide bonds. The maximum atomic E-state index is 13.2. The third-order valence-electron chi connectivity index (χ3n) is 5.44. The Morgan fingerprint density at radius 3 is 2.93 bits per heavy atom. The molecule has 1 aliphatic carbocycles. The first-order valence-corrected chi connectivity index (χ1v) is 11.2. The number of amides is 1. The third-order valence-corrected chi connectivity index (χ3v) is 6.23. The zero-order chi connectivity index (χ0) is 20.4. The predicted octanol–water partition coefficient (Wildman–Crippen LogP) is 4.04. The van der Waals surface area contributed by atoms with Crippen LogP contribution in [0.4, 0.5) is 0 Å². The molecule has 1 aromatic carbocycles. The third kappa shape index (κ3) is 4.36. The second-order valence-corrected chi connectivity index (χ2v) is 9.10. The van der Waals surface area contributed by atoms with Gasteiger partial charge in [0.2, 0.25) is 5.96 Å². The fraction of sp³-hybridized carbons (Fsp3) is 0.500. The van der Waals surface area contributed by atoms with Gasteiger partial charge >= 0.3 is 0 Å². The van der Waals surface area contributed by atoms with Gasteiger partial charge in [-0.15, -0.1) is 11.3 Å². The molecule has 2 heterocycles. The average Bonchev–Trinajstić information content (AvgIpc) is 3.20. The lowest BCUT2D eigenvalue weighted by Crippen LogP contribution is -2.45. The molecule has 2 aromatic rings. The number of ether oxygens (including phenoxy) is 1. The number of nitrogens with zero attached hydrogens (tertiary/aromatic N) is 3. The minimum absolute atomic E-state index is 0.0126. The number of hydrogen-bond donors (Lipinski definition) is 1. The minimum atomic E-state index is 0.0126. The lowest BCUT2D eigenvalue weighted by atomic mass is 9.91. The number of fused-ring (bicyclic) bond motifs is 1. The Labute approximate surface area is 175 Å². The van der Waals surface area contributed by atoms with Crippen molar-refractivity contribution in [3.63, 3.8) is 0 Å². The quantitative estimate of drug-likeness (QED) is 0.697. The normalized spacial score (nSPS) is 21.4. The molecular formula is C22H28N4O2S. The summed E-state index contributed by atoms with van der Waals surface area (Å²) in [6, 6.07) is 6.34. The number of carbonyl (C=O) groups is 1. The summed E-state index contributed by atoms with van der Waals surface area (Å²) >= 11 is 1.60. The van der Waals surface area contributed by atoms with E-state index in [9.17, 15) is 4.79 Å². The molecule has 2 aliphatic rings. The number of benzene rings is 1. The molecule has 29 heavy (non-hydrogen) atoms. The number of carbonyl (C=O) groups excluding carboxylic acids is 1. The number of hydrogen-bond acceptors (Lipinski definition) is 5. The van der Waals surface area contributed by atoms with E-state index in [4.69, 9.17) is 9.73 Å². The molecule has 1 aromatic heterocycles. The number of rotatable bonds is 7. The zero-order valence-electron chi connectivity index (χ0n) is 17.2. The lowest BCUT2D eigenvalue weighted by Gasteiger charge is -2.34. The van der Waals surface area contributed by atoms with E-state index in [0.717, 1.165) is 41.5 Å². The average molecular weight is 413 g/mol. The van der Waals surface area contributed by atoms with E-state index in [0.29, 0.717) is 24.2 Å². The minimum Gasteiger partial charge on any atom is -0.382 e. The van der Waals surface area contributed by atoms with Crippen molar-refractivity contribution in [3.8, 4) is 0 Å². The Morgan fingerprint density at radius 2 is 2.24 bits per heavy atom. The first-order chi connectivity index (χ1) is 14.0. The summed E-state index contributed by atoms with van der Waals surface area (Å²) in [6.07, 6.45) is 6.07. The molecule has 154 valence electrons. The highest BCUT2D eigenvalue weighted by Gasteiger charge is 2.40. The van der Waals surface area contributed by atoms with E-state index in [-0.39, 0.29) is 18.0 Å². The largest absolute Gasteiger partial charge is 0.382 e. The number of aliphatic imine (C=N–C) groups is 1. The maximum Gasteiger partial charge on any atom is 0.277 e. The first kappa shape index (κ1) is 20.0. The second-order valence-electron chi connectivity index (χ2n) is 8.21. The summed E-state index contributed by atoms with van der Waals surface area (Å²) in [5.41, 5.74) is 4.40. The lowest BCUT2D eigenvalue weighted by molar-refractivity contribution is -0.125. The van der Waals surface area contributed by atoms with Gasteiger partial charge in [-0.3, -0.25) is 9.69 Å². The van der Waals surface area contributed by atoms with Crippen LogP contribution < -0.4 is 5.32 Å². The van der Waals surface area contributed by atoms with Gasteiger partial charge in [-0.25, -0.2) is 9.98 Å². The van der Waals surface area contributed by atoms with E-state index in [1.165, 1.54) is 0 Å². The summed E-state index contributed by atoms with van der Waals surface area (Å²) in [5, 5.41) is 3.31. The molecular weight excluding hydrogens is 384 g/mol. The van der Waals surface area contributed by atoms with Crippen LogP contribution in [-0.4, -0.2) is 47.6 Å². The van der Waals surface area contributed by atoms with Crippen LogP contribution in [0.1, 0.15) is 45.1 Å². The van der Waals surface area contributed by atoms with Gasteiger partial charge in [0, 0.05) is 13.2 Å². The van der Waals surface area contributed by atoms with Crippen LogP contribution in [0.3, 0.4) is 0 Å². The number of aromatic nitrogens is 1. The molecule has 6 nitrogen and oxygen atoms in total. The first-order valence-electron chi connectivity index (χ1n) is 10.3. The van der Waals surface area contributed by atoms with Gasteiger partial charge in [-0.05, 0) is 55.4 Å². The standard InChI is InChI=1S/C22H28N4O2S/c1-14(2)9-16(12-28-3)24-22-25-19(21(27)26(22)17-5-4-6-17)10-15-7-8-18-20(11-15)29-13-23-18/h7-8,10-11,13-14,16-17H,4-6,9,12H2,1-3H3,(H,24,25)/b19-10-/t16-/m1/s1. The van der Waals surface area contributed by atoms with E-state index >= 15 is 0 Å². The fourth-order valence-corrected chi connectivity index (χ4v) is 4.56. The van der Waals surface area contributed by atoms with Gasteiger partial charge in [0.05, 0.1) is 28.4 Å². The highest BCUT2D eigenvalue weighted by molar-refractivity contribution is 7.16. The predicted molar refractivity (Wildman–Crippen MR) is 118 cm³/mol. The molecule has 1 N–H and O–H groups in total. The molecule has 1 atom stereocenters. The Hall–Kier alpha value is -2.25. The Bertz CT molecular complexity index is 945. The molecule has 2 fully saturated rings. The van der Waals surface area contributed by atoms with Crippen molar-refractivity contribution >= 4 is 39.5 Å². The summed E-state index contributed by atoms with van der Waals surface area (Å²) in [4.78, 5) is 24.3. The molecule has 1 saturated carbocycles. The SMILES string of the molecule is COC[C@@H](CC(C)C)N=C1N/C(=C\c2ccc3ncsc3c2)C(=O)N1C1CCC1. The second kappa shape index (κ2) is 8.63. The van der Waals surface area contributed by atoms with Crippen LogP contribution >= 0.6 is 11.3 Å². The van der Waals surface area contributed by atoms with Gasteiger partial charge in [-0.2, -0.15) is 0 Å². The van der Waals surface area contributed by atoms with Crippen molar-refractivity contribution in [1.82, 2.24) is 15.2 Å². The van der Waals surface area contributed by atoms with E-state index in [2.05, 4.69) is 30.2 Å². The summed E-state index contributed by atoms with van der Waals surface area (Å²) < 4.78 is 6.49. The van der Waals surface area contributed by atoms with Crippen molar-refractivity contribution in [3.05, 3.63) is 35.0 Å². The van der Waals surface area contributed by atoms with Gasteiger partial charge in [0.25, 0.3) is 5.91 Å². The van der Waals surface area contributed by atoms with Crippen LogP contribution in [0.25, 0.3) is 16.3 Å². The fourth-order valence-electron chi connectivity index (χ4n) is 3.83. The summed E-state index contributed by atoms with van der Waals surface area (Å²) in [7, 11) is 1.70.